The zero-order chi connectivity index (χ0) is 16.4. The fourth-order valence-corrected chi connectivity index (χ4v) is 2.48. The van der Waals surface area contributed by atoms with Gasteiger partial charge in [0.05, 0.1) is 11.3 Å². The van der Waals surface area contributed by atoms with Gasteiger partial charge < -0.3 is 15.4 Å². The van der Waals surface area contributed by atoms with Gasteiger partial charge in [-0.25, -0.2) is 4.79 Å². The van der Waals surface area contributed by atoms with E-state index >= 15 is 0 Å². The first-order chi connectivity index (χ1) is 10.6. The van der Waals surface area contributed by atoms with E-state index in [-0.39, 0.29) is 24.2 Å². The van der Waals surface area contributed by atoms with Gasteiger partial charge in [0.1, 0.15) is 0 Å². The fraction of sp³-hybridized carbons (Fsp3) is 0.400. The van der Waals surface area contributed by atoms with Gasteiger partial charge in [-0.1, -0.05) is 12.1 Å². The second-order valence-corrected chi connectivity index (χ2v) is 5.29. The molecule has 1 rings (SSSR count). The lowest BCUT2D eigenvalue weighted by Crippen LogP contribution is -2.28. The number of carbonyl (C=O) groups is 3. The Kier molecular flexibility index (Phi) is 8.06. The second-order valence-electron chi connectivity index (χ2n) is 4.27. The number of likely N-dealkylation sites (N-methyl/N-ethyl adjacent to an activating group) is 1. The summed E-state index contributed by atoms with van der Waals surface area (Å²) in [6.45, 7) is 4.36. The maximum absolute atomic E-state index is 12.0. The van der Waals surface area contributed by atoms with Gasteiger partial charge in [-0.3, -0.25) is 9.59 Å². The highest BCUT2D eigenvalue weighted by atomic mass is 32.2. The number of benzene rings is 1. The largest absolute Gasteiger partial charge is 0.452 e. The van der Waals surface area contributed by atoms with Crippen LogP contribution in [0.3, 0.4) is 0 Å². The number of rotatable bonds is 8. The smallest absolute Gasteiger partial charge is 0.339 e. The van der Waals surface area contributed by atoms with E-state index in [9.17, 15) is 14.4 Å². The Balaban J connectivity index is 2.64. The summed E-state index contributed by atoms with van der Waals surface area (Å²) in [5.41, 5.74) is 0.348. The van der Waals surface area contributed by atoms with E-state index < -0.39 is 5.97 Å². The highest BCUT2D eigenvalue weighted by molar-refractivity contribution is 8.00. The Morgan fingerprint density at radius 2 is 1.68 bits per heavy atom. The minimum Gasteiger partial charge on any atom is -0.452 e. The summed E-state index contributed by atoms with van der Waals surface area (Å²) in [6, 6.07) is 6.84. The Morgan fingerprint density at radius 1 is 1.05 bits per heavy atom. The molecular formula is C15H20N2O4S. The molecule has 0 saturated carbocycles. The monoisotopic (exact) mass is 324 g/mol. The topological polar surface area (TPSA) is 84.5 Å². The van der Waals surface area contributed by atoms with Crippen LogP contribution in [0.25, 0.3) is 0 Å². The van der Waals surface area contributed by atoms with Crippen LogP contribution in [0.5, 0.6) is 0 Å². The van der Waals surface area contributed by atoms with E-state index in [0.717, 1.165) is 0 Å². The van der Waals surface area contributed by atoms with Gasteiger partial charge in [0.15, 0.2) is 6.61 Å². The quantitative estimate of drug-likeness (QED) is 0.554. The van der Waals surface area contributed by atoms with Crippen LogP contribution < -0.4 is 10.6 Å². The first kappa shape index (κ1) is 18.0. The van der Waals surface area contributed by atoms with Crippen LogP contribution in [-0.4, -0.2) is 43.2 Å². The summed E-state index contributed by atoms with van der Waals surface area (Å²) in [7, 11) is 0. The van der Waals surface area contributed by atoms with Crippen molar-refractivity contribution >= 4 is 29.5 Å². The van der Waals surface area contributed by atoms with Gasteiger partial charge >= 0.3 is 5.97 Å². The van der Waals surface area contributed by atoms with Crippen molar-refractivity contribution in [1.29, 1.82) is 0 Å². The van der Waals surface area contributed by atoms with E-state index in [0.29, 0.717) is 23.5 Å². The molecule has 120 valence electrons. The van der Waals surface area contributed by atoms with Crippen molar-refractivity contribution in [3.8, 4) is 0 Å². The van der Waals surface area contributed by atoms with Crippen LogP contribution in [0.4, 0.5) is 0 Å². The Labute approximate surface area is 134 Å². The van der Waals surface area contributed by atoms with Crippen LogP contribution >= 0.6 is 11.8 Å². The summed E-state index contributed by atoms with van der Waals surface area (Å²) in [4.78, 5) is 35.5. The average molecular weight is 324 g/mol. The van der Waals surface area contributed by atoms with Gasteiger partial charge in [0, 0.05) is 18.0 Å². The predicted octanol–water partition coefficient (Wildman–Crippen LogP) is 1.21. The molecule has 0 atom stereocenters. The summed E-state index contributed by atoms with van der Waals surface area (Å²) in [6.07, 6.45) is 0. The number of ether oxygens (including phenoxy) is 1. The Morgan fingerprint density at radius 3 is 2.36 bits per heavy atom. The molecule has 0 aliphatic heterocycles. The van der Waals surface area contributed by atoms with Crippen molar-refractivity contribution in [3.05, 3.63) is 29.8 Å². The average Bonchev–Trinajstić information content (AvgIpc) is 2.51. The van der Waals surface area contributed by atoms with E-state index in [1.807, 2.05) is 6.92 Å². The molecule has 2 amide bonds. The van der Waals surface area contributed by atoms with Gasteiger partial charge in [-0.05, 0) is 26.0 Å². The molecule has 0 aliphatic rings. The normalized spacial score (nSPS) is 9.91. The van der Waals surface area contributed by atoms with Crippen LogP contribution in [0.2, 0.25) is 0 Å². The molecule has 0 unspecified atom stereocenters. The van der Waals surface area contributed by atoms with Crippen molar-refractivity contribution in [2.45, 2.75) is 18.7 Å². The molecule has 0 radical (unpaired) electrons. The SMILES string of the molecule is CCNC(=O)COC(=O)c1ccccc1SCC(=O)NCC. The van der Waals surface area contributed by atoms with Crippen LogP contribution in [-0.2, 0) is 14.3 Å². The predicted molar refractivity (Wildman–Crippen MR) is 84.8 cm³/mol. The molecule has 1 aromatic rings. The highest BCUT2D eigenvalue weighted by Gasteiger charge is 2.15. The number of nitrogens with one attached hydrogen (secondary N) is 2. The highest BCUT2D eigenvalue weighted by Crippen LogP contribution is 2.23. The Bertz CT molecular complexity index is 534. The van der Waals surface area contributed by atoms with E-state index in [1.165, 1.54) is 11.8 Å². The lowest BCUT2D eigenvalue weighted by molar-refractivity contribution is -0.124. The number of hydrogen-bond donors (Lipinski definition) is 2. The van der Waals surface area contributed by atoms with Crippen molar-refractivity contribution in [2.75, 3.05) is 25.4 Å². The summed E-state index contributed by atoms with van der Waals surface area (Å²) >= 11 is 1.25. The van der Waals surface area contributed by atoms with Crippen LogP contribution in [0.15, 0.2) is 29.2 Å². The van der Waals surface area contributed by atoms with Crippen LogP contribution in [0.1, 0.15) is 24.2 Å². The van der Waals surface area contributed by atoms with E-state index in [2.05, 4.69) is 10.6 Å². The molecule has 22 heavy (non-hydrogen) atoms. The van der Waals surface area contributed by atoms with Gasteiger partial charge in [0.25, 0.3) is 5.91 Å². The molecule has 0 saturated heterocycles. The molecule has 2 N–H and O–H groups in total. The van der Waals surface area contributed by atoms with E-state index in [1.54, 1.807) is 31.2 Å². The lowest BCUT2D eigenvalue weighted by Gasteiger charge is -2.09. The number of thioether (sulfide) groups is 1. The minimum atomic E-state index is -0.578. The number of esters is 1. The van der Waals surface area contributed by atoms with Gasteiger partial charge in [-0.15, -0.1) is 11.8 Å². The number of amides is 2. The van der Waals surface area contributed by atoms with Crippen molar-refractivity contribution in [3.63, 3.8) is 0 Å². The molecule has 0 spiro atoms. The zero-order valence-corrected chi connectivity index (χ0v) is 13.5. The third kappa shape index (κ3) is 6.17. The first-order valence-electron chi connectivity index (χ1n) is 7.00. The van der Waals surface area contributed by atoms with Crippen molar-refractivity contribution in [1.82, 2.24) is 10.6 Å². The molecule has 1 aromatic carbocycles. The molecule has 0 bridgehead atoms. The third-order valence-electron chi connectivity index (χ3n) is 2.55. The second kappa shape index (κ2) is 9.83. The first-order valence-corrected chi connectivity index (χ1v) is 7.99. The molecule has 0 fully saturated rings. The number of hydrogen-bond acceptors (Lipinski definition) is 5. The molecule has 0 heterocycles. The third-order valence-corrected chi connectivity index (χ3v) is 3.62. The molecular weight excluding hydrogens is 304 g/mol. The van der Waals surface area contributed by atoms with Gasteiger partial charge in [0.2, 0.25) is 5.91 Å². The summed E-state index contributed by atoms with van der Waals surface area (Å²) in [5, 5.41) is 5.24. The zero-order valence-electron chi connectivity index (χ0n) is 12.7. The molecule has 7 heteroatoms. The summed E-state index contributed by atoms with van der Waals surface area (Å²) < 4.78 is 4.97. The Hall–Kier alpha value is -2.02. The lowest BCUT2D eigenvalue weighted by atomic mass is 10.2. The molecule has 6 nitrogen and oxygen atoms in total. The maximum Gasteiger partial charge on any atom is 0.339 e. The van der Waals surface area contributed by atoms with Crippen LogP contribution in [0, 0.1) is 0 Å². The van der Waals surface area contributed by atoms with Crippen molar-refractivity contribution < 1.29 is 19.1 Å². The fourth-order valence-electron chi connectivity index (χ4n) is 1.61. The van der Waals surface area contributed by atoms with E-state index in [4.69, 9.17) is 4.74 Å². The number of carbonyl (C=O) groups excluding carboxylic acids is 3. The molecule has 0 aromatic heterocycles. The van der Waals surface area contributed by atoms with Crippen molar-refractivity contribution in [2.24, 2.45) is 0 Å². The van der Waals surface area contributed by atoms with Gasteiger partial charge in [-0.2, -0.15) is 0 Å². The minimum absolute atomic E-state index is 0.0991. The molecule has 0 aliphatic carbocycles. The standard InChI is InChI=1S/C15H20N2O4S/c1-3-16-13(18)9-21-15(20)11-7-5-6-8-12(11)22-10-14(19)17-4-2/h5-8H,3-4,9-10H2,1-2H3,(H,16,18)(H,17,19). The maximum atomic E-state index is 12.0. The summed E-state index contributed by atoms with van der Waals surface area (Å²) in [5.74, 6) is -0.805.